The van der Waals surface area contributed by atoms with Crippen molar-refractivity contribution in [1.29, 1.82) is 0 Å². The fraction of sp³-hybridized carbons (Fsp3) is 0. The first-order valence-corrected chi connectivity index (χ1v) is 5.10. The van der Waals surface area contributed by atoms with Crippen LogP contribution in [-0.4, -0.2) is 15.9 Å². The first kappa shape index (κ1) is 9.65. The molecule has 0 aliphatic carbocycles. The van der Waals surface area contributed by atoms with Crippen LogP contribution in [0.25, 0.3) is 21.8 Å². The number of aromatic nitrogens is 2. The number of primary amides is 1. The van der Waals surface area contributed by atoms with Crippen molar-refractivity contribution in [3.63, 3.8) is 0 Å². The molecule has 0 unspecified atom stereocenters. The molecule has 0 atom stereocenters. The lowest BCUT2D eigenvalue weighted by Gasteiger charge is -1.96. The number of nitrogens with two attached hydrogens (primary N) is 1. The monoisotopic (exact) mass is 227 g/mol. The van der Waals surface area contributed by atoms with Gasteiger partial charge in [0.05, 0.1) is 16.6 Å². The molecule has 3 rings (SSSR count). The van der Waals surface area contributed by atoms with Gasteiger partial charge in [-0.1, -0.05) is 12.1 Å². The van der Waals surface area contributed by atoms with E-state index in [2.05, 4.69) is 9.97 Å². The predicted octanol–water partition coefficient (Wildman–Crippen LogP) is 1.11. The minimum absolute atomic E-state index is 0.190. The van der Waals surface area contributed by atoms with E-state index in [0.29, 0.717) is 16.6 Å². The Kier molecular flexibility index (Phi) is 1.82. The summed E-state index contributed by atoms with van der Waals surface area (Å²) in [6.45, 7) is 0. The van der Waals surface area contributed by atoms with Crippen molar-refractivity contribution in [3.05, 3.63) is 46.4 Å². The summed E-state index contributed by atoms with van der Waals surface area (Å²) in [6, 6.07) is 6.75. The van der Waals surface area contributed by atoms with Gasteiger partial charge in [-0.25, -0.2) is 0 Å². The molecule has 3 aromatic rings. The van der Waals surface area contributed by atoms with Gasteiger partial charge in [-0.15, -0.1) is 0 Å². The van der Waals surface area contributed by atoms with Crippen LogP contribution in [0.4, 0.5) is 0 Å². The van der Waals surface area contributed by atoms with E-state index >= 15 is 0 Å². The van der Waals surface area contributed by atoms with Gasteiger partial charge in [0.15, 0.2) is 0 Å². The maximum Gasteiger partial charge on any atom is 0.250 e. The van der Waals surface area contributed by atoms with Crippen LogP contribution in [0.1, 0.15) is 10.4 Å². The topological polar surface area (TPSA) is 91.7 Å². The van der Waals surface area contributed by atoms with Crippen molar-refractivity contribution < 1.29 is 4.79 Å². The molecule has 0 saturated carbocycles. The first-order chi connectivity index (χ1) is 8.16. The second kappa shape index (κ2) is 3.21. The molecule has 0 fully saturated rings. The minimum atomic E-state index is -0.492. The third-order valence-electron chi connectivity index (χ3n) is 2.80. The zero-order chi connectivity index (χ0) is 12.0. The summed E-state index contributed by atoms with van der Waals surface area (Å²) in [4.78, 5) is 28.2. The molecule has 84 valence electrons. The lowest BCUT2D eigenvalue weighted by Crippen LogP contribution is -2.11. The number of rotatable bonds is 1. The number of fused-ring (bicyclic) bond motifs is 3. The molecule has 1 amide bonds. The number of hydrogen-bond acceptors (Lipinski definition) is 2. The quantitative estimate of drug-likeness (QED) is 0.581. The van der Waals surface area contributed by atoms with E-state index in [1.54, 1.807) is 18.3 Å². The third kappa shape index (κ3) is 1.32. The van der Waals surface area contributed by atoms with Crippen LogP contribution in [0, 0.1) is 0 Å². The van der Waals surface area contributed by atoms with Crippen molar-refractivity contribution in [1.82, 2.24) is 9.97 Å². The summed E-state index contributed by atoms with van der Waals surface area (Å²) in [5, 5.41) is 1.73. The highest BCUT2D eigenvalue weighted by atomic mass is 16.1. The molecule has 0 aliphatic rings. The molecule has 5 nitrogen and oxygen atoms in total. The van der Waals surface area contributed by atoms with Crippen molar-refractivity contribution >= 4 is 27.7 Å². The van der Waals surface area contributed by atoms with Crippen LogP contribution in [-0.2, 0) is 0 Å². The zero-order valence-electron chi connectivity index (χ0n) is 8.78. The Hall–Kier alpha value is -2.56. The fourth-order valence-electron chi connectivity index (χ4n) is 2.05. The van der Waals surface area contributed by atoms with E-state index in [1.165, 1.54) is 6.07 Å². The van der Waals surface area contributed by atoms with Crippen molar-refractivity contribution in [3.8, 4) is 0 Å². The summed E-state index contributed by atoms with van der Waals surface area (Å²) in [7, 11) is 0. The van der Waals surface area contributed by atoms with Crippen molar-refractivity contribution in [2.24, 2.45) is 5.73 Å². The number of para-hydroxylation sites is 1. The summed E-state index contributed by atoms with van der Waals surface area (Å²) >= 11 is 0. The number of benzene rings is 1. The standard InChI is InChI=1S/C12H9N3O2/c13-12(17)7-3-1-2-6-8-5-14-10(16)4-9(8)15-11(6)7/h1-5,15H,(H2,13,17)(H,14,16). The number of carbonyl (C=O) groups excluding carboxylic acids is 1. The number of aromatic amines is 2. The molecular formula is C12H9N3O2. The second-order valence-corrected chi connectivity index (χ2v) is 3.84. The molecule has 1 aromatic carbocycles. The van der Waals surface area contributed by atoms with Crippen LogP contribution in [0.2, 0.25) is 0 Å². The molecule has 0 radical (unpaired) electrons. The van der Waals surface area contributed by atoms with Crippen molar-refractivity contribution in [2.45, 2.75) is 0 Å². The molecule has 0 saturated heterocycles. The average molecular weight is 227 g/mol. The number of amides is 1. The fourth-order valence-corrected chi connectivity index (χ4v) is 2.05. The first-order valence-electron chi connectivity index (χ1n) is 5.10. The Bertz CT molecular complexity index is 798. The summed E-state index contributed by atoms with van der Waals surface area (Å²) in [5.74, 6) is -0.492. The lowest BCUT2D eigenvalue weighted by atomic mass is 10.1. The Morgan fingerprint density at radius 3 is 2.82 bits per heavy atom. The smallest absolute Gasteiger partial charge is 0.250 e. The summed E-state index contributed by atoms with van der Waals surface area (Å²) < 4.78 is 0. The van der Waals surface area contributed by atoms with Gasteiger partial charge in [0.1, 0.15) is 0 Å². The van der Waals surface area contributed by atoms with Crippen LogP contribution in [0.5, 0.6) is 0 Å². The van der Waals surface area contributed by atoms with Gasteiger partial charge in [-0.2, -0.15) is 0 Å². The molecule has 17 heavy (non-hydrogen) atoms. The SMILES string of the molecule is NC(=O)c1cccc2c1[nH]c1cc(=O)[nH]cc12. The van der Waals surface area contributed by atoms with Crippen LogP contribution in [0.15, 0.2) is 35.3 Å². The van der Waals surface area contributed by atoms with Crippen molar-refractivity contribution in [2.75, 3.05) is 0 Å². The Labute approximate surface area is 95.3 Å². The predicted molar refractivity (Wildman–Crippen MR) is 64.9 cm³/mol. The Balaban J connectivity index is 2.54. The average Bonchev–Trinajstić information content (AvgIpc) is 2.65. The number of H-pyrrole nitrogens is 2. The number of hydrogen-bond donors (Lipinski definition) is 3. The van der Waals surface area contributed by atoms with Gasteiger partial charge in [0, 0.05) is 23.0 Å². The summed E-state index contributed by atoms with van der Waals surface area (Å²) in [6.07, 6.45) is 1.63. The van der Waals surface area contributed by atoms with E-state index < -0.39 is 5.91 Å². The number of carbonyl (C=O) groups is 1. The molecule has 4 N–H and O–H groups in total. The van der Waals surface area contributed by atoms with E-state index in [9.17, 15) is 9.59 Å². The van der Waals surface area contributed by atoms with Crippen LogP contribution >= 0.6 is 0 Å². The number of pyridine rings is 1. The third-order valence-corrected chi connectivity index (χ3v) is 2.80. The Morgan fingerprint density at radius 2 is 2.06 bits per heavy atom. The maximum atomic E-state index is 11.3. The van der Waals surface area contributed by atoms with Gasteiger partial charge in [0.2, 0.25) is 5.56 Å². The van der Waals surface area contributed by atoms with Crippen LogP contribution < -0.4 is 11.3 Å². The molecule has 0 aliphatic heterocycles. The largest absolute Gasteiger partial charge is 0.366 e. The maximum absolute atomic E-state index is 11.3. The number of nitrogens with one attached hydrogen (secondary N) is 2. The minimum Gasteiger partial charge on any atom is -0.366 e. The molecule has 0 spiro atoms. The summed E-state index contributed by atoms with van der Waals surface area (Å²) in [5.41, 5.74) is 6.89. The normalized spacial score (nSPS) is 11.1. The second-order valence-electron chi connectivity index (χ2n) is 3.84. The van der Waals surface area contributed by atoms with Gasteiger partial charge in [-0.3, -0.25) is 9.59 Å². The highest BCUT2D eigenvalue weighted by Crippen LogP contribution is 2.25. The lowest BCUT2D eigenvalue weighted by molar-refractivity contribution is 0.100. The highest BCUT2D eigenvalue weighted by molar-refractivity contribution is 6.14. The zero-order valence-corrected chi connectivity index (χ0v) is 8.78. The van der Waals surface area contributed by atoms with Gasteiger partial charge in [-0.05, 0) is 6.07 Å². The molecule has 2 heterocycles. The van der Waals surface area contributed by atoms with Gasteiger partial charge >= 0.3 is 0 Å². The highest BCUT2D eigenvalue weighted by Gasteiger charge is 2.11. The van der Waals surface area contributed by atoms with E-state index in [1.807, 2.05) is 6.07 Å². The Morgan fingerprint density at radius 1 is 1.24 bits per heavy atom. The molecule has 0 bridgehead atoms. The van der Waals surface area contributed by atoms with E-state index in [4.69, 9.17) is 5.73 Å². The molecule has 2 aromatic heterocycles. The molecular weight excluding hydrogens is 218 g/mol. The van der Waals surface area contributed by atoms with E-state index in [0.717, 1.165) is 10.8 Å². The van der Waals surface area contributed by atoms with Gasteiger partial charge in [0.25, 0.3) is 5.91 Å². The molecule has 5 heteroatoms. The van der Waals surface area contributed by atoms with Crippen LogP contribution in [0.3, 0.4) is 0 Å². The van der Waals surface area contributed by atoms with Gasteiger partial charge < -0.3 is 15.7 Å². The van der Waals surface area contributed by atoms with E-state index in [-0.39, 0.29) is 5.56 Å².